The van der Waals surface area contributed by atoms with E-state index in [1.165, 1.54) is 5.57 Å². The van der Waals surface area contributed by atoms with Gasteiger partial charge in [-0.3, -0.25) is 0 Å². The largest absolute Gasteiger partial charge is 0.378 e. The Labute approximate surface area is 92.8 Å². The molecule has 0 aliphatic carbocycles. The fraction of sp³-hybridized carbons (Fsp3) is 0.833. The van der Waals surface area contributed by atoms with Crippen molar-refractivity contribution in [3.05, 3.63) is 12.2 Å². The Morgan fingerprint density at radius 2 is 2.20 bits per heavy atom. The first-order valence-electron chi connectivity index (χ1n) is 5.74. The molecule has 0 aromatic carbocycles. The number of rotatable bonds is 7. The summed E-state index contributed by atoms with van der Waals surface area (Å²) in [6.45, 7) is 8.31. The Balaban J connectivity index is 2.01. The van der Waals surface area contributed by atoms with Gasteiger partial charge < -0.3 is 14.8 Å². The molecule has 1 N–H and O–H groups in total. The lowest BCUT2D eigenvalue weighted by Gasteiger charge is -2.13. The van der Waals surface area contributed by atoms with Crippen LogP contribution in [-0.2, 0) is 9.47 Å². The first-order valence-corrected chi connectivity index (χ1v) is 5.74. The van der Waals surface area contributed by atoms with Crippen LogP contribution in [0, 0.1) is 0 Å². The smallest absolute Gasteiger partial charge is 0.0813 e. The monoisotopic (exact) mass is 213 g/mol. The van der Waals surface area contributed by atoms with Crippen LogP contribution in [0.5, 0.6) is 0 Å². The zero-order valence-corrected chi connectivity index (χ0v) is 9.92. The minimum Gasteiger partial charge on any atom is -0.378 e. The lowest BCUT2D eigenvalue weighted by molar-refractivity contribution is -0.0130. The third kappa shape index (κ3) is 5.30. The van der Waals surface area contributed by atoms with E-state index in [2.05, 4.69) is 11.9 Å². The summed E-state index contributed by atoms with van der Waals surface area (Å²) in [7, 11) is 1.96. The molecule has 2 unspecified atom stereocenters. The Kier molecular flexibility index (Phi) is 5.91. The number of nitrogens with one attached hydrogen (secondary N) is 1. The third-order valence-corrected chi connectivity index (χ3v) is 2.60. The Morgan fingerprint density at radius 3 is 2.87 bits per heavy atom. The van der Waals surface area contributed by atoms with Crippen LogP contribution in [0.15, 0.2) is 12.2 Å². The second-order valence-electron chi connectivity index (χ2n) is 4.30. The lowest BCUT2D eigenvalue weighted by atomic mass is 10.2. The molecule has 1 aliphatic rings. The average molecular weight is 213 g/mol. The van der Waals surface area contributed by atoms with E-state index in [9.17, 15) is 0 Å². The predicted molar refractivity (Wildman–Crippen MR) is 62.1 cm³/mol. The average Bonchev–Trinajstić information content (AvgIpc) is 2.61. The van der Waals surface area contributed by atoms with Gasteiger partial charge in [0.15, 0.2) is 0 Å². The van der Waals surface area contributed by atoms with Gasteiger partial charge in [0.2, 0.25) is 0 Å². The number of hydrogen-bond acceptors (Lipinski definition) is 3. The zero-order chi connectivity index (χ0) is 11.1. The molecular weight excluding hydrogens is 190 g/mol. The highest BCUT2D eigenvalue weighted by Crippen LogP contribution is 2.19. The first kappa shape index (κ1) is 12.7. The van der Waals surface area contributed by atoms with Crippen LogP contribution in [0.3, 0.4) is 0 Å². The molecule has 3 nitrogen and oxygen atoms in total. The minimum atomic E-state index is 0.300. The molecule has 0 saturated carbocycles. The van der Waals surface area contributed by atoms with E-state index < -0.39 is 0 Å². The summed E-state index contributed by atoms with van der Waals surface area (Å²) < 4.78 is 11.3. The number of likely N-dealkylation sites (N-methyl/N-ethyl adjacent to an activating group) is 1. The van der Waals surface area contributed by atoms with Crippen molar-refractivity contribution in [3.63, 3.8) is 0 Å². The van der Waals surface area contributed by atoms with Crippen molar-refractivity contribution in [2.75, 3.05) is 26.8 Å². The molecule has 15 heavy (non-hydrogen) atoms. The van der Waals surface area contributed by atoms with Gasteiger partial charge in [-0.05, 0) is 33.2 Å². The Hall–Kier alpha value is -0.380. The van der Waals surface area contributed by atoms with Gasteiger partial charge in [0.25, 0.3) is 0 Å². The van der Waals surface area contributed by atoms with Gasteiger partial charge in [0, 0.05) is 6.54 Å². The Bertz CT molecular complexity index is 194. The van der Waals surface area contributed by atoms with Crippen molar-refractivity contribution < 1.29 is 9.47 Å². The molecule has 1 aliphatic heterocycles. The molecule has 1 rings (SSSR count). The van der Waals surface area contributed by atoms with Crippen LogP contribution in [0.1, 0.15) is 26.2 Å². The van der Waals surface area contributed by atoms with E-state index in [4.69, 9.17) is 9.47 Å². The fourth-order valence-electron chi connectivity index (χ4n) is 1.74. The van der Waals surface area contributed by atoms with Crippen molar-refractivity contribution in [2.45, 2.75) is 38.4 Å². The molecule has 0 amide bonds. The van der Waals surface area contributed by atoms with E-state index in [1.54, 1.807) is 0 Å². The zero-order valence-electron chi connectivity index (χ0n) is 9.92. The van der Waals surface area contributed by atoms with Crippen LogP contribution < -0.4 is 5.32 Å². The minimum absolute atomic E-state index is 0.300. The number of hydrogen-bond donors (Lipinski definition) is 1. The van der Waals surface area contributed by atoms with Crippen LogP contribution in [0.2, 0.25) is 0 Å². The van der Waals surface area contributed by atoms with Crippen molar-refractivity contribution in [1.82, 2.24) is 5.32 Å². The fourth-order valence-corrected chi connectivity index (χ4v) is 1.74. The molecular formula is C12H23NO2. The second-order valence-corrected chi connectivity index (χ2v) is 4.30. The third-order valence-electron chi connectivity index (χ3n) is 2.60. The molecule has 1 saturated heterocycles. The van der Waals surface area contributed by atoms with Gasteiger partial charge in [-0.2, -0.15) is 0 Å². The van der Waals surface area contributed by atoms with Gasteiger partial charge in [0.1, 0.15) is 0 Å². The normalized spacial score (nSPS) is 25.7. The second kappa shape index (κ2) is 6.99. The molecule has 1 fully saturated rings. The summed E-state index contributed by atoms with van der Waals surface area (Å²) in [5.74, 6) is 0. The molecule has 1 heterocycles. The molecule has 3 heteroatoms. The van der Waals surface area contributed by atoms with Gasteiger partial charge in [-0.15, -0.1) is 6.58 Å². The highest BCUT2D eigenvalue weighted by atomic mass is 16.5. The molecule has 0 radical (unpaired) electrons. The highest BCUT2D eigenvalue weighted by Gasteiger charge is 2.24. The van der Waals surface area contributed by atoms with Gasteiger partial charge in [-0.25, -0.2) is 0 Å². The Morgan fingerprint density at radius 1 is 1.47 bits per heavy atom. The molecule has 0 aromatic rings. The van der Waals surface area contributed by atoms with E-state index in [-0.39, 0.29) is 0 Å². The summed E-state index contributed by atoms with van der Waals surface area (Å²) in [6, 6.07) is 0. The van der Waals surface area contributed by atoms with E-state index in [0.29, 0.717) is 12.2 Å². The molecule has 0 bridgehead atoms. The predicted octanol–water partition coefficient (Wildman–Crippen LogP) is 1.74. The van der Waals surface area contributed by atoms with Gasteiger partial charge in [-0.1, -0.05) is 5.57 Å². The summed E-state index contributed by atoms with van der Waals surface area (Å²) in [5.41, 5.74) is 1.18. The highest BCUT2D eigenvalue weighted by molar-refractivity contribution is 4.87. The lowest BCUT2D eigenvalue weighted by Crippen LogP contribution is -2.25. The SMILES string of the molecule is C=C(C)CCOCC1CCC(CNC)O1. The van der Waals surface area contributed by atoms with Gasteiger partial charge >= 0.3 is 0 Å². The van der Waals surface area contributed by atoms with E-state index in [0.717, 1.165) is 39.0 Å². The van der Waals surface area contributed by atoms with Crippen molar-refractivity contribution in [2.24, 2.45) is 0 Å². The van der Waals surface area contributed by atoms with E-state index >= 15 is 0 Å². The maximum absolute atomic E-state index is 5.80. The molecule has 0 aromatic heterocycles. The standard InChI is InChI=1S/C12H23NO2/c1-10(2)6-7-14-9-12-5-4-11(15-12)8-13-3/h11-13H,1,4-9H2,2-3H3. The van der Waals surface area contributed by atoms with Crippen LogP contribution >= 0.6 is 0 Å². The van der Waals surface area contributed by atoms with Crippen molar-refractivity contribution >= 4 is 0 Å². The van der Waals surface area contributed by atoms with E-state index in [1.807, 2.05) is 14.0 Å². The quantitative estimate of drug-likeness (QED) is 0.516. The van der Waals surface area contributed by atoms with Gasteiger partial charge in [0.05, 0.1) is 25.4 Å². The molecule has 0 spiro atoms. The molecule has 88 valence electrons. The van der Waals surface area contributed by atoms with Crippen molar-refractivity contribution in [1.29, 1.82) is 0 Å². The summed E-state index contributed by atoms with van der Waals surface area (Å²) in [4.78, 5) is 0. The first-order chi connectivity index (χ1) is 7.22. The summed E-state index contributed by atoms with van der Waals surface area (Å²) in [5, 5.41) is 3.13. The maximum Gasteiger partial charge on any atom is 0.0813 e. The number of ether oxygens (including phenoxy) is 2. The molecule has 2 atom stereocenters. The summed E-state index contributed by atoms with van der Waals surface area (Å²) in [6.07, 6.45) is 3.90. The van der Waals surface area contributed by atoms with Crippen LogP contribution in [0.25, 0.3) is 0 Å². The maximum atomic E-state index is 5.80. The van der Waals surface area contributed by atoms with Crippen LogP contribution in [0.4, 0.5) is 0 Å². The topological polar surface area (TPSA) is 30.5 Å². The van der Waals surface area contributed by atoms with Crippen LogP contribution in [-0.4, -0.2) is 39.0 Å². The summed E-state index contributed by atoms with van der Waals surface area (Å²) >= 11 is 0. The van der Waals surface area contributed by atoms with Crippen molar-refractivity contribution in [3.8, 4) is 0 Å².